The third-order valence-corrected chi connectivity index (χ3v) is 17.7. The van der Waals surface area contributed by atoms with Crippen LogP contribution in [0.15, 0.2) is 17.1 Å². The Kier molecular flexibility index (Phi) is 6.47. The molecule has 4 atom stereocenters. The molecule has 0 bridgehead atoms. The number of aliphatic hydroxyl groups is 1. The minimum absolute atomic E-state index is 0.127. The van der Waals surface area contributed by atoms with Gasteiger partial charge in [-0.2, -0.15) is 4.98 Å². The predicted octanol–water partition coefficient (Wildman–Crippen LogP) is 3.00. The van der Waals surface area contributed by atoms with Crippen molar-refractivity contribution >= 4 is 17.1 Å². The van der Waals surface area contributed by atoms with E-state index in [1.807, 2.05) is 0 Å². The van der Waals surface area contributed by atoms with Crippen molar-refractivity contribution in [1.82, 2.24) is 9.55 Å². The lowest BCUT2D eigenvalue weighted by Crippen LogP contribution is -2.66. The largest absolute Gasteiger partial charge is 0.453 e. The molecule has 0 spiro atoms. The van der Waals surface area contributed by atoms with E-state index in [1.165, 1.54) is 6.07 Å². The predicted molar refractivity (Wildman–Crippen MR) is 127 cm³/mol. The fourth-order valence-corrected chi connectivity index (χ4v) is 16.9. The first-order valence-electron chi connectivity index (χ1n) is 12.0. The minimum atomic E-state index is -2.88. The summed E-state index contributed by atoms with van der Waals surface area (Å²) in [6.07, 6.45) is -0.0940. The molecule has 9 nitrogen and oxygen atoms in total. The van der Waals surface area contributed by atoms with Crippen molar-refractivity contribution in [1.29, 1.82) is 0 Å². The third-order valence-electron chi connectivity index (χ3n) is 7.44. The van der Waals surface area contributed by atoms with Crippen LogP contribution in [0.3, 0.4) is 0 Å². The van der Waals surface area contributed by atoms with Gasteiger partial charge in [-0.3, -0.25) is 9.36 Å². The van der Waals surface area contributed by atoms with Gasteiger partial charge in [-0.15, -0.1) is 0 Å². The molecule has 0 amide bonds. The highest BCUT2D eigenvalue weighted by Crippen LogP contribution is 2.51. The smallest absolute Gasteiger partial charge is 0.335 e. The molecular weight excluding hydrogens is 460 g/mol. The molecule has 0 radical (unpaired) electrons. The van der Waals surface area contributed by atoms with Crippen LogP contribution in [0.2, 0.25) is 22.2 Å². The summed E-state index contributed by atoms with van der Waals surface area (Å²) in [5.74, 6) is 0. The monoisotopic (exact) mass is 498 g/mol. The fourth-order valence-electron chi connectivity index (χ4n) is 5.68. The van der Waals surface area contributed by atoms with Gasteiger partial charge in [0.25, 0.3) is 5.56 Å². The topological polar surface area (TPSA) is 101 Å². The van der Waals surface area contributed by atoms with Gasteiger partial charge in [0, 0.05) is 12.3 Å². The molecule has 3 aliphatic heterocycles. The summed E-state index contributed by atoms with van der Waals surface area (Å²) >= 11 is 0. The first kappa shape index (κ1) is 25.0. The van der Waals surface area contributed by atoms with Gasteiger partial charge in [-0.25, -0.2) is 0 Å². The van der Waals surface area contributed by atoms with Crippen molar-refractivity contribution < 1.29 is 27.5 Å². The van der Waals surface area contributed by atoms with Crippen molar-refractivity contribution in [3.05, 3.63) is 22.6 Å². The van der Waals surface area contributed by atoms with E-state index in [0.29, 0.717) is 6.61 Å². The van der Waals surface area contributed by atoms with Gasteiger partial charge in [0.1, 0.15) is 12.2 Å². The molecule has 1 N–H and O–H groups in total. The zero-order chi connectivity index (χ0) is 24.3. The highest BCUT2D eigenvalue weighted by molar-refractivity contribution is 6.83. The first-order valence-corrected chi connectivity index (χ1v) is 15.9. The maximum Gasteiger partial charge on any atom is 0.335 e. The summed E-state index contributed by atoms with van der Waals surface area (Å²) < 4.78 is 35.3. The van der Waals surface area contributed by atoms with E-state index in [4.69, 9.17) is 22.4 Å². The van der Waals surface area contributed by atoms with Crippen LogP contribution in [0.4, 0.5) is 0 Å². The van der Waals surface area contributed by atoms with Crippen molar-refractivity contribution in [2.75, 3.05) is 13.2 Å². The van der Waals surface area contributed by atoms with Gasteiger partial charge < -0.3 is 27.5 Å². The van der Waals surface area contributed by atoms with Gasteiger partial charge in [-0.1, -0.05) is 55.4 Å². The molecule has 2 saturated heterocycles. The number of fused-ring (bicyclic) bond motifs is 5. The molecule has 11 heteroatoms. The Balaban J connectivity index is 1.83. The molecule has 4 rings (SSSR count). The average Bonchev–Trinajstić information content (AvgIpc) is 3.17. The van der Waals surface area contributed by atoms with Crippen LogP contribution in [0.5, 0.6) is 6.01 Å². The summed E-state index contributed by atoms with van der Waals surface area (Å²) in [4.78, 5) is 15.8. The molecule has 4 heterocycles. The second kappa shape index (κ2) is 8.54. The highest BCUT2D eigenvalue weighted by Gasteiger charge is 2.68. The van der Waals surface area contributed by atoms with E-state index in [0.717, 1.165) is 0 Å². The van der Waals surface area contributed by atoms with Crippen LogP contribution in [-0.4, -0.2) is 63.3 Å². The van der Waals surface area contributed by atoms with Crippen molar-refractivity contribution in [2.24, 2.45) is 0 Å². The molecular formula is C22H38N2O7Si2. The summed E-state index contributed by atoms with van der Waals surface area (Å²) in [6.45, 7) is 17.3. The number of aromatic nitrogens is 2. The normalized spacial score (nSPS) is 32.5. The fraction of sp³-hybridized carbons (Fsp3) is 0.818. The van der Waals surface area contributed by atoms with Gasteiger partial charge in [0.2, 0.25) is 5.72 Å². The van der Waals surface area contributed by atoms with Crippen LogP contribution in [-0.2, 0) is 23.4 Å². The number of hydrogen-bond donors (Lipinski definition) is 1. The van der Waals surface area contributed by atoms with Crippen LogP contribution in [0.1, 0.15) is 55.4 Å². The zero-order valence-electron chi connectivity index (χ0n) is 20.9. The number of hydrogen-bond acceptors (Lipinski definition) is 8. The number of rotatable bonds is 5. The third kappa shape index (κ3) is 3.58. The Hall–Kier alpha value is -1.09. The van der Waals surface area contributed by atoms with Crippen LogP contribution >= 0.6 is 0 Å². The Labute approximate surface area is 197 Å². The maximum atomic E-state index is 11.8. The number of nitrogens with zero attached hydrogens (tertiary/aromatic N) is 2. The van der Waals surface area contributed by atoms with Gasteiger partial charge in [0.15, 0.2) is 6.10 Å². The van der Waals surface area contributed by atoms with Crippen LogP contribution < -0.4 is 10.3 Å². The van der Waals surface area contributed by atoms with E-state index < -0.39 is 46.7 Å². The first-order chi connectivity index (χ1) is 15.4. The van der Waals surface area contributed by atoms with Gasteiger partial charge in [-0.05, 0) is 22.2 Å². The molecule has 3 aliphatic rings. The van der Waals surface area contributed by atoms with E-state index in [9.17, 15) is 9.90 Å². The average molecular weight is 499 g/mol. The Morgan fingerprint density at radius 2 is 1.70 bits per heavy atom. The number of aliphatic hydroxyl groups excluding tert-OH is 1. The summed E-state index contributed by atoms with van der Waals surface area (Å²) in [5.41, 5.74) is -0.893. The Morgan fingerprint density at radius 1 is 1.09 bits per heavy atom. The molecule has 2 fully saturated rings. The second-order valence-corrected chi connectivity index (χ2v) is 19.5. The van der Waals surface area contributed by atoms with Gasteiger partial charge >= 0.3 is 23.1 Å². The summed E-state index contributed by atoms with van der Waals surface area (Å²) in [5, 5.41) is 10.5. The lowest BCUT2D eigenvalue weighted by atomic mass is 10.0. The molecule has 0 aromatic carbocycles. The standard InChI is InChI=1S/C22H38N2O7Si2/c1-13(2)32(14(3)4)27-11-17-19(30-33(31-32,15(5)6)16(7)8)20-22(12-25,29-17)24-10-9-18(26)23-21(24)28-20/h9-10,13-17,19-20,25H,11-12H2,1-8H3/t17-,19-,20+,22-/m1/s1. The van der Waals surface area contributed by atoms with Crippen LogP contribution in [0.25, 0.3) is 0 Å². The van der Waals surface area contributed by atoms with Crippen LogP contribution in [0, 0.1) is 0 Å². The van der Waals surface area contributed by atoms with Gasteiger partial charge in [0.05, 0.1) is 13.2 Å². The molecule has 1 aromatic rings. The Bertz CT molecular complexity index is 922. The lowest BCUT2D eigenvalue weighted by Gasteiger charge is -2.51. The molecule has 0 unspecified atom stereocenters. The van der Waals surface area contributed by atoms with Crippen molar-refractivity contribution in [3.63, 3.8) is 0 Å². The van der Waals surface area contributed by atoms with Crippen molar-refractivity contribution in [2.45, 2.75) is 102 Å². The molecule has 33 heavy (non-hydrogen) atoms. The minimum Gasteiger partial charge on any atom is -0.453 e. The SMILES string of the molecule is CC(C)[Si]1(C(C)C)OC[C@H]2O[C@]3(CO)[C@@H](Oc4nc(=O)ccn43)[C@@H]2O[Si](C(C)C)(C(C)C)O1. The van der Waals surface area contributed by atoms with E-state index in [1.54, 1.807) is 10.8 Å². The Morgan fingerprint density at radius 3 is 2.24 bits per heavy atom. The molecule has 0 aliphatic carbocycles. The summed E-state index contributed by atoms with van der Waals surface area (Å²) in [7, 11) is -5.58. The molecule has 1 aromatic heterocycles. The second-order valence-electron chi connectivity index (χ2n) is 10.7. The van der Waals surface area contributed by atoms with E-state index >= 15 is 0 Å². The number of ether oxygens (including phenoxy) is 2. The summed E-state index contributed by atoms with van der Waals surface area (Å²) in [6, 6.07) is 1.47. The maximum absolute atomic E-state index is 11.8. The highest BCUT2D eigenvalue weighted by atomic mass is 28.5. The van der Waals surface area contributed by atoms with E-state index in [-0.39, 0.29) is 34.8 Å². The lowest BCUT2D eigenvalue weighted by molar-refractivity contribution is -0.146. The van der Waals surface area contributed by atoms with Crippen molar-refractivity contribution in [3.8, 4) is 6.01 Å². The quantitative estimate of drug-likeness (QED) is 0.618. The molecule has 0 saturated carbocycles. The van der Waals surface area contributed by atoms with E-state index in [2.05, 4.69) is 60.4 Å². The zero-order valence-corrected chi connectivity index (χ0v) is 22.9. The molecule has 186 valence electrons.